The van der Waals surface area contributed by atoms with E-state index in [4.69, 9.17) is 4.55 Å². The van der Waals surface area contributed by atoms with Gasteiger partial charge in [-0.25, -0.2) is 0 Å². The molecule has 1 aliphatic rings. The van der Waals surface area contributed by atoms with Crippen molar-refractivity contribution in [2.24, 2.45) is 5.10 Å². The molecule has 0 spiro atoms. The Kier molecular flexibility index (Phi) is 4.55. The molecule has 1 radical (unpaired) electrons. The zero-order valence-electron chi connectivity index (χ0n) is 10.3. The van der Waals surface area contributed by atoms with E-state index in [0.29, 0.717) is 5.69 Å². The van der Waals surface area contributed by atoms with Crippen LogP contribution in [0.15, 0.2) is 35.4 Å². The van der Waals surface area contributed by atoms with Crippen LogP contribution in [0.2, 0.25) is 0 Å². The summed E-state index contributed by atoms with van der Waals surface area (Å²) in [5.41, 5.74) is -0.111. The first-order valence-electron chi connectivity index (χ1n) is 4.93. The SMILES string of the molecule is CC1=NN(c2ccccc2)C(=O)C1(O)S(=O)(=O)O.[Na]. The summed E-state index contributed by atoms with van der Waals surface area (Å²) in [7, 11) is -5.01. The second kappa shape index (κ2) is 5.31. The maximum atomic E-state index is 11.9. The number of nitrogens with zero attached hydrogens (tertiary/aromatic N) is 2. The Morgan fingerprint density at radius 2 is 1.79 bits per heavy atom. The summed E-state index contributed by atoms with van der Waals surface area (Å²) in [5.74, 6) is -1.23. The van der Waals surface area contributed by atoms with Gasteiger partial charge in [-0.3, -0.25) is 9.35 Å². The van der Waals surface area contributed by atoms with Crippen molar-refractivity contribution >= 4 is 57.0 Å². The van der Waals surface area contributed by atoms with Crippen LogP contribution in [-0.4, -0.2) is 64.2 Å². The fraction of sp³-hybridized carbons (Fsp3) is 0.200. The van der Waals surface area contributed by atoms with Gasteiger partial charge in [-0.1, -0.05) is 18.2 Å². The van der Waals surface area contributed by atoms with E-state index in [-0.39, 0.29) is 29.6 Å². The van der Waals surface area contributed by atoms with Gasteiger partial charge in [-0.2, -0.15) is 18.5 Å². The topological polar surface area (TPSA) is 107 Å². The van der Waals surface area contributed by atoms with E-state index >= 15 is 0 Å². The van der Waals surface area contributed by atoms with Crippen LogP contribution in [0.4, 0.5) is 5.69 Å². The molecule has 97 valence electrons. The number of amides is 1. The van der Waals surface area contributed by atoms with E-state index in [0.717, 1.165) is 11.9 Å². The van der Waals surface area contributed by atoms with Crippen LogP contribution in [0.25, 0.3) is 0 Å². The molecule has 0 fully saturated rings. The Labute approximate surface area is 132 Å². The standard InChI is InChI=1S/C10H10N2O5S.Na/c1-7-10(14,18(15,16)17)9(13)12(11-7)8-5-3-2-4-6-8;/h2-6,14H,1H3,(H,15,16,17);. The average Bonchev–Trinajstić information content (AvgIpc) is 2.55. The molecule has 0 bridgehead atoms. The molecule has 1 aromatic rings. The quantitative estimate of drug-likeness (QED) is 0.570. The van der Waals surface area contributed by atoms with Crippen LogP contribution in [0.3, 0.4) is 0 Å². The van der Waals surface area contributed by atoms with E-state index in [1.807, 2.05) is 0 Å². The Hall–Kier alpha value is -0.770. The maximum absolute atomic E-state index is 11.9. The predicted octanol–water partition coefficient (Wildman–Crippen LogP) is -0.395. The van der Waals surface area contributed by atoms with Gasteiger partial charge in [0.2, 0.25) is 0 Å². The van der Waals surface area contributed by atoms with Gasteiger partial charge in [0.1, 0.15) is 0 Å². The van der Waals surface area contributed by atoms with Crippen molar-refractivity contribution in [3.63, 3.8) is 0 Å². The number of hydrogen-bond donors (Lipinski definition) is 2. The second-order valence-electron chi connectivity index (χ2n) is 3.76. The van der Waals surface area contributed by atoms with Crippen molar-refractivity contribution in [3.05, 3.63) is 30.3 Å². The minimum Gasteiger partial charge on any atom is -0.361 e. The van der Waals surface area contributed by atoms with Crippen LogP contribution >= 0.6 is 0 Å². The Morgan fingerprint density at radius 3 is 2.21 bits per heavy atom. The van der Waals surface area contributed by atoms with Gasteiger partial charge in [-0.15, -0.1) is 0 Å². The molecule has 1 aromatic carbocycles. The summed E-state index contributed by atoms with van der Waals surface area (Å²) < 4.78 is 31.2. The van der Waals surface area contributed by atoms with Gasteiger partial charge >= 0.3 is 21.0 Å². The minimum absolute atomic E-state index is 0. The number of hydrazone groups is 1. The average molecular weight is 293 g/mol. The largest absolute Gasteiger partial charge is 0.361 e. The normalized spacial score (nSPS) is 23.0. The minimum atomic E-state index is -5.01. The van der Waals surface area contributed by atoms with Crippen molar-refractivity contribution in [2.75, 3.05) is 5.01 Å². The van der Waals surface area contributed by atoms with E-state index in [1.165, 1.54) is 12.1 Å². The molecule has 0 saturated carbocycles. The van der Waals surface area contributed by atoms with Crippen LogP contribution < -0.4 is 5.01 Å². The smallest absolute Gasteiger partial charge is 0.313 e. The van der Waals surface area contributed by atoms with Crippen molar-refractivity contribution < 1.29 is 22.9 Å². The first kappa shape index (κ1) is 16.3. The van der Waals surface area contributed by atoms with E-state index in [9.17, 15) is 18.3 Å². The summed E-state index contributed by atoms with van der Waals surface area (Å²) in [5, 5.41) is 14.2. The van der Waals surface area contributed by atoms with Crippen molar-refractivity contribution in [2.45, 2.75) is 11.9 Å². The molecule has 7 nitrogen and oxygen atoms in total. The van der Waals surface area contributed by atoms with Gasteiger partial charge in [-0.05, 0) is 19.1 Å². The number of carbonyl (C=O) groups excluding carboxylic acids is 1. The fourth-order valence-electron chi connectivity index (χ4n) is 1.60. The van der Waals surface area contributed by atoms with Crippen LogP contribution in [-0.2, 0) is 14.9 Å². The molecule has 1 heterocycles. The third-order valence-electron chi connectivity index (χ3n) is 2.60. The van der Waals surface area contributed by atoms with Gasteiger partial charge in [0.25, 0.3) is 0 Å². The predicted molar refractivity (Wildman–Crippen MR) is 69.3 cm³/mol. The van der Waals surface area contributed by atoms with Gasteiger partial charge in [0.05, 0.1) is 11.4 Å². The van der Waals surface area contributed by atoms with Gasteiger partial charge in [0.15, 0.2) is 0 Å². The number of carbonyl (C=O) groups is 1. The van der Waals surface area contributed by atoms with E-state index in [2.05, 4.69) is 5.10 Å². The summed E-state index contributed by atoms with van der Waals surface area (Å²) in [6.45, 7) is 1.15. The zero-order valence-corrected chi connectivity index (χ0v) is 13.1. The zero-order chi connectivity index (χ0) is 13.6. The third kappa shape index (κ3) is 2.47. The molecular weight excluding hydrogens is 283 g/mol. The number of anilines is 1. The van der Waals surface area contributed by atoms with Gasteiger partial charge in [0, 0.05) is 29.6 Å². The maximum Gasteiger partial charge on any atom is 0.313 e. The molecule has 0 aromatic heterocycles. The van der Waals surface area contributed by atoms with Gasteiger partial charge < -0.3 is 5.11 Å². The molecule has 0 aliphatic carbocycles. The summed E-state index contributed by atoms with van der Waals surface area (Å²) in [6.07, 6.45) is 0. The van der Waals surface area contributed by atoms with E-state index in [1.54, 1.807) is 18.2 Å². The van der Waals surface area contributed by atoms with E-state index < -0.39 is 26.7 Å². The number of hydrogen-bond acceptors (Lipinski definition) is 5. The fourth-order valence-corrected chi connectivity index (χ4v) is 2.32. The van der Waals surface area contributed by atoms with Crippen LogP contribution in [0, 0.1) is 0 Å². The Bertz CT molecular complexity index is 631. The Balaban J connectivity index is 0.00000180. The van der Waals surface area contributed by atoms with Crippen LogP contribution in [0.1, 0.15) is 6.92 Å². The third-order valence-corrected chi connectivity index (χ3v) is 3.81. The molecule has 1 amide bonds. The first-order valence-corrected chi connectivity index (χ1v) is 6.37. The molecule has 1 unspecified atom stereocenters. The number of benzene rings is 1. The molecule has 2 rings (SSSR count). The molecule has 1 atom stereocenters. The number of aliphatic hydroxyl groups is 1. The van der Waals surface area contributed by atoms with Crippen molar-refractivity contribution in [1.82, 2.24) is 0 Å². The molecular formula is C10H10N2NaO5S. The summed E-state index contributed by atoms with van der Waals surface area (Å²) in [6, 6.07) is 7.99. The molecule has 1 aliphatic heterocycles. The molecule has 19 heavy (non-hydrogen) atoms. The number of rotatable bonds is 2. The molecule has 9 heteroatoms. The number of para-hydroxylation sites is 1. The second-order valence-corrected chi connectivity index (χ2v) is 5.30. The van der Waals surface area contributed by atoms with Crippen LogP contribution in [0.5, 0.6) is 0 Å². The molecule has 0 saturated heterocycles. The van der Waals surface area contributed by atoms with Crippen molar-refractivity contribution in [1.29, 1.82) is 0 Å². The summed E-state index contributed by atoms with van der Waals surface area (Å²) in [4.78, 5) is 8.90. The van der Waals surface area contributed by atoms with Crippen molar-refractivity contribution in [3.8, 4) is 0 Å². The Morgan fingerprint density at radius 1 is 1.26 bits per heavy atom. The first-order chi connectivity index (χ1) is 8.28. The summed E-state index contributed by atoms with van der Waals surface area (Å²) >= 11 is 0. The monoisotopic (exact) mass is 293 g/mol. The molecule has 2 N–H and O–H groups in total.